The molecular formula is C9H12N4O2. The molecule has 1 amide bonds. The summed E-state index contributed by atoms with van der Waals surface area (Å²) in [5.41, 5.74) is -0.288. The molecule has 0 aliphatic heterocycles. The number of hydrogen-bond acceptors (Lipinski definition) is 4. The summed E-state index contributed by atoms with van der Waals surface area (Å²) >= 11 is 0. The van der Waals surface area contributed by atoms with Crippen molar-refractivity contribution in [2.45, 2.75) is 18.9 Å². The zero-order valence-electron chi connectivity index (χ0n) is 8.12. The second-order valence-corrected chi connectivity index (χ2v) is 3.51. The van der Waals surface area contributed by atoms with Gasteiger partial charge in [-0.25, -0.2) is 5.10 Å². The van der Waals surface area contributed by atoms with Gasteiger partial charge in [-0.3, -0.25) is 9.59 Å². The Morgan fingerprint density at radius 2 is 2.33 bits per heavy atom. The van der Waals surface area contributed by atoms with Crippen LogP contribution in [0.4, 0.5) is 5.82 Å². The van der Waals surface area contributed by atoms with Crippen molar-refractivity contribution < 1.29 is 4.79 Å². The highest BCUT2D eigenvalue weighted by Crippen LogP contribution is 2.17. The minimum atomic E-state index is -0.288. The van der Waals surface area contributed by atoms with E-state index in [-0.39, 0.29) is 18.0 Å². The number of aromatic amines is 1. The van der Waals surface area contributed by atoms with Crippen molar-refractivity contribution in [1.29, 1.82) is 0 Å². The van der Waals surface area contributed by atoms with Gasteiger partial charge in [0.1, 0.15) is 0 Å². The molecule has 1 heterocycles. The molecule has 6 nitrogen and oxygen atoms in total. The first-order valence-corrected chi connectivity index (χ1v) is 4.83. The van der Waals surface area contributed by atoms with Crippen molar-refractivity contribution in [3.8, 4) is 0 Å². The summed E-state index contributed by atoms with van der Waals surface area (Å²) < 4.78 is 0. The van der Waals surface area contributed by atoms with Crippen molar-refractivity contribution in [3.63, 3.8) is 0 Å². The lowest BCUT2D eigenvalue weighted by Gasteiger charge is -2.03. The van der Waals surface area contributed by atoms with Crippen LogP contribution in [0.2, 0.25) is 0 Å². The van der Waals surface area contributed by atoms with E-state index in [0.717, 1.165) is 12.8 Å². The van der Waals surface area contributed by atoms with Crippen LogP contribution in [0.15, 0.2) is 16.9 Å². The molecule has 0 radical (unpaired) electrons. The molecular weight excluding hydrogens is 196 g/mol. The van der Waals surface area contributed by atoms with Crippen LogP contribution in [0.25, 0.3) is 0 Å². The minimum absolute atomic E-state index is 0.151. The number of nitrogens with one attached hydrogen (secondary N) is 3. The second-order valence-electron chi connectivity index (χ2n) is 3.51. The lowest BCUT2D eigenvalue weighted by Crippen LogP contribution is -2.30. The highest BCUT2D eigenvalue weighted by atomic mass is 16.2. The average molecular weight is 208 g/mol. The first kappa shape index (κ1) is 9.85. The standard InChI is InChI=1S/C9H12N4O2/c14-8-4-3-7(12-13-8)11-9(15)5-10-6-1-2-6/h3-4,6,10H,1-2,5H2,(H,13,14)(H,11,12,15). The van der Waals surface area contributed by atoms with E-state index in [4.69, 9.17) is 0 Å². The number of aromatic nitrogens is 2. The summed E-state index contributed by atoms with van der Waals surface area (Å²) in [5.74, 6) is 0.207. The van der Waals surface area contributed by atoms with Crippen molar-refractivity contribution in [2.75, 3.05) is 11.9 Å². The predicted molar refractivity (Wildman–Crippen MR) is 54.5 cm³/mol. The zero-order valence-corrected chi connectivity index (χ0v) is 8.12. The first-order valence-electron chi connectivity index (χ1n) is 4.83. The maximum absolute atomic E-state index is 11.3. The normalized spacial score (nSPS) is 14.9. The fourth-order valence-corrected chi connectivity index (χ4v) is 1.13. The maximum Gasteiger partial charge on any atom is 0.264 e. The third kappa shape index (κ3) is 3.17. The molecule has 1 fully saturated rings. The molecule has 1 aliphatic rings. The van der Waals surface area contributed by atoms with Gasteiger partial charge in [0, 0.05) is 12.1 Å². The van der Waals surface area contributed by atoms with Crippen molar-refractivity contribution >= 4 is 11.7 Å². The fourth-order valence-electron chi connectivity index (χ4n) is 1.13. The third-order valence-corrected chi connectivity index (χ3v) is 2.08. The molecule has 0 spiro atoms. The Morgan fingerprint density at radius 1 is 1.53 bits per heavy atom. The van der Waals surface area contributed by atoms with Gasteiger partial charge < -0.3 is 10.6 Å². The lowest BCUT2D eigenvalue weighted by molar-refractivity contribution is -0.115. The van der Waals surface area contributed by atoms with Gasteiger partial charge in [-0.15, -0.1) is 0 Å². The molecule has 0 saturated heterocycles. The zero-order chi connectivity index (χ0) is 10.7. The molecule has 1 aliphatic carbocycles. The Kier molecular flexibility index (Phi) is 2.77. The summed E-state index contributed by atoms with van der Waals surface area (Å²) in [5, 5.41) is 11.6. The largest absolute Gasteiger partial charge is 0.308 e. The topological polar surface area (TPSA) is 86.9 Å². The Balaban J connectivity index is 1.81. The molecule has 0 bridgehead atoms. The van der Waals surface area contributed by atoms with Gasteiger partial charge >= 0.3 is 0 Å². The predicted octanol–water partition coefficient (Wildman–Crippen LogP) is -0.540. The van der Waals surface area contributed by atoms with Crippen LogP contribution in [0.1, 0.15) is 12.8 Å². The summed E-state index contributed by atoms with van der Waals surface area (Å²) in [6.07, 6.45) is 2.29. The molecule has 2 rings (SSSR count). The molecule has 80 valence electrons. The van der Waals surface area contributed by atoms with E-state index in [1.165, 1.54) is 12.1 Å². The Labute approximate surface area is 86.1 Å². The van der Waals surface area contributed by atoms with Crippen LogP contribution < -0.4 is 16.2 Å². The maximum atomic E-state index is 11.3. The lowest BCUT2D eigenvalue weighted by atomic mass is 10.5. The van der Waals surface area contributed by atoms with Crippen LogP contribution in [-0.4, -0.2) is 28.7 Å². The van der Waals surface area contributed by atoms with Crippen LogP contribution >= 0.6 is 0 Å². The van der Waals surface area contributed by atoms with Gasteiger partial charge in [-0.1, -0.05) is 0 Å². The molecule has 0 aromatic carbocycles. The number of rotatable bonds is 4. The van der Waals surface area contributed by atoms with E-state index in [2.05, 4.69) is 20.8 Å². The van der Waals surface area contributed by atoms with Crippen LogP contribution in [0.5, 0.6) is 0 Å². The molecule has 1 saturated carbocycles. The summed E-state index contributed by atoms with van der Waals surface area (Å²) in [6.45, 7) is 0.283. The van der Waals surface area contributed by atoms with E-state index < -0.39 is 0 Å². The van der Waals surface area contributed by atoms with Gasteiger partial charge in [0.15, 0.2) is 5.82 Å². The monoisotopic (exact) mass is 208 g/mol. The van der Waals surface area contributed by atoms with Crippen molar-refractivity contribution in [3.05, 3.63) is 22.5 Å². The summed E-state index contributed by atoms with van der Waals surface area (Å²) in [7, 11) is 0. The number of H-pyrrole nitrogens is 1. The third-order valence-electron chi connectivity index (χ3n) is 2.08. The molecule has 1 aromatic heterocycles. The molecule has 1 aromatic rings. The number of carbonyl (C=O) groups excluding carboxylic acids is 1. The molecule has 3 N–H and O–H groups in total. The number of nitrogens with zero attached hydrogens (tertiary/aromatic N) is 1. The van der Waals surface area contributed by atoms with Crippen molar-refractivity contribution in [1.82, 2.24) is 15.5 Å². The SMILES string of the molecule is O=C(CNC1CC1)Nc1ccc(=O)[nH]n1. The number of amides is 1. The Morgan fingerprint density at radius 3 is 2.93 bits per heavy atom. The van der Waals surface area contributed by atoms with Crippen molar-refractivity contribution in [2.24, 2.45) is 0 Å². The quantitative estimate of drug-likeness (QED) is 0.620. The van der Waals surface area contributed by atoms with Gasteiger partial charge in [0.2, 0.25) is 5.91 Å². The molecule has 0 atom stereocenters. The minimum Gasteiger partial charge on any atom is -0.308 e. The molecule has 6 heteroatoms. The average Bonchev–Trinajstić information content (AvgIpc) is 3.02. The first-order chi connectivity index (χ1) is 7.24. The van der Waals surface area contributed by atoms with Gasteiger partial charge in [-0.05, 0) is 18.9 Å². The summed E-state index contributed by atoms with van der Waals surface area (Å²) in [4.78, 5) is 22.0. The second kappa shape index (κ2) is 4.22. The number of hydrogen-bond donors (Lipinski definition) is 3. The van der Waals surface area contributed by atoms with Gasteiger partial charge in [0.05, 0.1) is 6.54 Å². The fraction of sp³-hybridized carbons (Fsp3) is 0.444. The number of anilines is 1. The van der Waals surface area contributed by atoms with Crippen LogP contribution in [0.3, 0.4) is 0 Å². The number of carbonyl (C=O) groups is 1. The Bertz CT molecular complexity index is 390. The van der Waals surface area contributed by atoms with E-state index in [0.29, 0.717) is 11.9 Å². The van der Waals surface area contributed by atoms with Crippen LogP contribution in [0, 0.1) is 0 Å². The van der Waals surface area contributed by atoms with E-state index in [1.54, 1.807) is 0 Å². The highest BCUT2D eigenvalue weighted by Gasteiger charge is 2.21. The van der Waals surface area contributed by atoms with Crippen LogP contribution in [-0.2, 0) is 4.79 Å². The molecule has 15 heavy (non-hydrogen) atoms. The van der Waals surface area contributed by atoms with Gasteiger partial charge in [-0.2, -0.15) is 5.10 Å². The highest BCUT2D eigenvalue weighted by molar-refractivity contribution is 5.91. The summed E-state index contributed by atoms with van der Waals surface area (Å²) in [6, 6.07) is 3.28. The van der Waals surface area contributed by atoms with E-state index >= 15 is 0 Å². The Hall–Kier alpha value is -1.69. The smallest absolute Gasteiger partial charge is 0.264 e. The van der Waals surface area contributed by atoms with Gasteiger partial charge in [0.25, 0.3) is 5.56 Å². The molecule has 0 unspecified atom stereocenters. The van der Waals surface area contributed by atoms with E-state index in [9.17, 15) is 9.59 Å². The van der Waals surface area contributed by atoms with E-state index in [1.807, 2.05) is 0 Å².